The number of halogens is 3. The zero-order valence-electron chi connectivity index (χ0n) is 19.0. The van der Waals surface area contributed by atoms with Gasteiger partial charge in [-0.15, -0.1) is 0 Å². The molecule has 1 unspecified atom stereocenters. The second-order valence-corrected chi connectivity index (χ2v) is 7.59. The zero-order chi connectivity index (χ0) is 25.3. The standard InChI is InChI=1S/C23H25N3O.C2HF3O2/c1-16-6-4-8-22(17(16)2)18(3)25-14-19-9-11-21(12-10-19)26-23(27)20-7-5-13-24-15-20;3-2(4,5)1(6)7/h4-13,15,18,25H,14H2,1-3H3,(H,26,27);(H,6,7). The molecule has 2 aromatic carbocycles. The third-order valence-electron chi connectivity index (χ3n) is 5.10. The number of carbonyl (C=O) groups is 2. The fourth-order valence-corrected chi connectivity index (χ4v) is 3.03. The molecule has 34 heavy (non-hydrogen) atoms. The maximum absolute atomic E-state index is 12.2. The number of anilines is 1. The first-order valence-corrected chi connectivity index (χ1v) is 10.4. The third-order valence-corrected chi connectivity index (χ3v) is 5.10. The van der Waals surface area contributed by atoms with Crippen LogP contribution in [-0.4, -0.2) is 28.1 Å². The van der Waals surface area contributed by atoms with Crippen molar-refractivity contribution in [3.63, 3.8) is 0 Å². The molecule has 180 valence electrons. The predicted molar refractivity (Wildman–Crippen MR) is 123 cm³/mol. The number of nitrogens with zero attached hydrogens (tertiary/aromatic N) is 1. The molecule has 1 heterocycles. The average Bonchev–Trinajstić information content (AvgIpc) is 2.80. The first-order chi connectivity index (χ1) is 16.0. The van der Waals surface area contributed by atoms with Crippen LogP contribution in [0.4, 0.5) is 18.9 Å². The van der Waals surface area contributed by atoms with Crippen molar-refractivity contribution in [2.24, 2.45) is 0 Å². The number of rotatable bonds is 6. The summed E-state index contributed by atoms with van der Waals surface area (Å²) >= 11 is 0. The molecule has 0 spiro atoms. The largest absolute Gasteiger partial charge is 0.490 e. The maximum Gasteiger partial charge on any atom is 0.490 e. The van der Waals surface area contributed by atoms with Gasteiger partial charge in [-0.25, -0.2) is 4.79 Å². The van der Waals surface area contributed by atoms with Crippen LogP contribution in [0.15, 0.2) is 67.0 Å². The minimum Gasteiger partial charge on any atom is -0.475 e. The summed E-state index contributed by atoms with van der Waals surface area (Å²) in [6.45, 7) is 7.27. The van der Waals surface area contributed by atoms with Crippen molar-refractivity contribution in [3.8, 4) is 0 Å². The van der Waals surface area contributed by atoms with E-state index in [1.54, 1.807) is 24.5 Å². The van der Waals surface area contributed by atoms with Crippen LogP contribution >= 0.6 is 0 Å². The number of amides is 1. The Morgan fingerprint density at radius 2 is 1.68 bits per heavy atom. The molecular formula is C25H26F3N3O3. The van der Waals surface area contributed by atoms with Crippen LogP contribution < -0.4 is 10.6 Å². The van der Waals surface area contributed by atoms with Crippen molar-refractivity contribution in [2.75, 3.05) is 5.32 Å². The van der Waals surface area contributed by atoms with Crippen LogP contribution in [-0.2, 0) is 11.3 Å². The number of aliphatic carboxylic acids is 1. The van der Waals surface area contributed by atoms with Gasteiger partial charge in [-0.2, -0.15) is 13.2 Å². The fraction of sp³-hybridized carbons (Fsp3) is 0.240. The lowest BCUT2D eigenvalue weighted by Gasteiger charge is -2.18. The number of pyridine rings is 1. The van der Waals surface area contributed by atoms with Crippen LogP contribution in [0.3, 0.4) is 0 Å². The zero-order valence-corrected chi connectivity index (χ0v) is 19.0. The van der Waals surface area contributed by atoms with Crippen molar-refractivity contribution < 1.29 is 27.9 Å². The van der Waals surface area contributed by atoms with Crippen LogP contribution in [0, 0.1) is 13.8 Å². The van der Waals surface area contributed by atoms with E-state index in [0.29, 0.717) is 5.56 Å². The van der Waals surface area contributed by atoms with Gasteiger partial charge in [0.15, 0.2) is 0 Å². The summed E-state index contributed by atoms with van der Waals surface area (Å²) in [6, 6.07) is 18.1. The highest BCUT2D eigenvalue weighted by Crippen LogP contribution is 2.21. The molecule has 9 heteroatoms. The number of nitrogens with one attached hydrogen (secondary N) is 2. The van der Waals surface area contributed by atoms with Crippen molar-refractivity contribution in [1.82, 2.24) is 10.3 Å². The predicted octanol–water partition coefficient (Wildman–Crippen LogP) is 5.43. The van der Waals surface area contributed by atoms with E-state index in [9.17, 15) is 18.0 Å². The SMILES string of the molecule is Cc1cccc(C(C)NCc2ccc(NC(=O)c3cccnc3)cc2)c1C.O=C(O)C(F)(F)F. The summed E-state index contributed by atoms with van der Waals surface area (Å²) in [6.07, 6.45) is -1.87. The molecule has 1 amide bonds. The molecule has 0 radical (unpaired) electrons. The second kappa shape index (κ2) is 11.9. The Labute approximate surface area is 195 Å². The van der Waals surface area contributed by atoms with E-state index >= 15 is 0 Å². The highest BCUT2D eigenvalue weighted by Gasteiger charge is 2.38. The molecule has 3 aromatic rings. The van der Waals surface area contributed by atoms with Gasteiger partial charge < -0.3 is 15.7 Å². The number of aromatic nitrogens is 1. The number of aryl methyl sites for hydroxylation is 1. The average molecular weight is 473 g/mol. The summed E-state index contributed by atoms with van der Waals surface area (Å²) < 4.78 is 31.7. The molecule has 3 rings (SSSR count). The normalized spacial score (nSPS) is 11.7. The van der Waals surface area contributed by atoms with E-state index in [4.69, 9.17) is 9.90 Å². The lowest BCUT2D eigenvalue weighted by Crippen LogP contribution is -2.21. The molecule has 0 bridgehead atoms. The summed E-state index contributed by atoms with van der Waals surface area (Å²) in [5.74, 6) is -2.91. The van der Waals surface area contributed by atoms with E-state index in [1.165, 1.54) is 22.3 Å². The molecular weight excluding hydrogens is 447 g/mol. The third kappa shape index (κ3) is 8.00. The lowest BCUT2D eigenvalue weighted by atomic mass is 9.98. The molecule has 3 N–H and O–H groups in total. The molecule has 1 atom stereocenters. The van der Waals surface area contributed by atoms with E-state index in [0.717, 1.165) is 12.2 Å². The molecule has 0 aliphatic rings. The maximum atomic E-state index is 12.2. The van der Waals surface area contributed by atoms with Gasteiger partial charge in [-0.05, 0) is 67.3 Å². The van der Waals surface area contributed by atoms with Gasteiger partial charge in [0.1, 0.15) is 0 Å². The molecule has 0 aliphatic heterocycles. The number of hydrogen-bond donors (Lipinski definition) is 3. The summed E-state index contributed by atoms with van der Waals surface area (Å²) in [5.41, 5.74) is 6.48. The van der Waals surface area contributed by atoms with Crippen LogP contribution in [0.25, 0.3) is 0 Å². The van der Waals surface area contributed by atoms with E-state index < -0.39 is 12.1 Å². The highest BCUT2D eigenvalue weighted by molar-refractivity contribution is 6.03. The van der Waals surface area contributed by atoms with Crippen LogP contribution in [0.2, 0.25) is 0 Å². The quantitative estimate of drug-likeness (QED) is 0.444. The summed E-state index contributed by atoms with van der Waals surface area (Å²) in [7, 11) is 0. The Morgan fingerprint density at radius 1 is 1.03 bits per heavy atom. The number of benzene rings is 2. The minimum absolute atomic E-state index is 0.155. The van der Waals surface area contributed by atoms with Crippen molar-refractivity contribution in [3.05, 3.63) is 94.8 Å². The number of carbonyl (C=O) groups excluding carboxylic acids is 1. The summed E-state index contributed by atoms with van der Waals surface area (Å²) in [5, 5.41) is 13.6. The van der Waals surface area contributed by atoms with Crippen LogP contribution in [0.1, 0.15) is 45.6 Å². The molecule has 0 fully saturated rings. The minimum atomic E-state index is -5.08. The van der Waals surface area contributed by atoms with Gasteiger partial charge in [0.2, 0.25) is 0 Å². The Bertz CT molecular complexity index is 1100. The van der Waals surface area contributed by atoms with Gasteiger partial charge in [-0.1, -0.05) is 30.3 Å². The van der Waals surface area contributed by atoms with Gasteiger partial charge in [-0.3, -0.25) is 9.78 Å². The highest BCUT2D eigenvalue weighted by atomic mass is 19.4. The monoisotopic (exact) mass is 473 g/mol. The Balaban J connectivity index is 0.000000509. The lowest BCUT2D eigenvalue weighted by molar-refractivity contribution is -0.192. The number of hydrogen-bond acceptors (Lipinski definition) is 4. The topological polar surface area (TPSA) is 91.3 Å². The molecule has 6 nitrogen and oxygen atoms in total. The Hall–Kier alpha value is -3.72. The first-order valence-electron chi connectivity index (χ1n) is 10.4. The second-order valence-electron chi connectivity index (χ2n) is 7.59. The molecule has 1 aromatic heterocycles. The van der Waals surface area contributed by atoms with Gasteiger partial charge in [0, 0.05) is 30.7 Å². The molecule has 0 saturated carbocycles. The van der Waals surface area contributed by atoms with E-state index in [1.807, 2.05) is 24.3 Å². The number of alkyl halides is 3. The van der Waals surface area contributed by atoms with E-state index in [-0.39, 0.29) is 11.9 Å². The van der Waals surface area contributed by atoms with Crippen molar-refractivity contribution in [2.45, 2.75) is 39.5 Å². The van der Waals surface area contributed by atoms with Crippen molar-refractivity contribution >= 4 is 17.6 Å². The fourth-order valence-electron chi connectivity index (χ4n) is 3.03. The van der Waals surface area contributed by atoms with E-state index in [2.05, 4.69) is 54.6 Å². The summed E-state index contributed by atoms with van der Waals surface area (Å²) in [4.78, 5) is 25.0. The number of carboxylic acid groups (broad SMARTS) is 1. The first kappa shape index (κ1) is 26.5. The Morgan fingerprint density at radius 3 is 2.24 bits per heavy atom. The van der Waals surface area contributed by atoms with Gasteiger partial charge in [0.25, 0.3) is 5.91 Å². The van der Waals surface area contributed by atoms with Crippen LogP contribution in [0.5, 0.6) is 0 Å². The molecule has 0 saturated heterocycles. The van der Waals surface area contributed by atoms with Crippen molar-refractivity contribution in [1.29, 1.82) is 0 Å². The molecule has 0 aliphatic carbocycles. The number of carboxylic acids is 1. The Kier molecular flexibility index (Phi) is 9.32. The van der Waals surface area contributed by atoms with Gasteiger partial charge in [0.05, 0.1) is 5.56 Å². The van der Waals surface area contributed by atoms with Gasteiger partial charge >= 0.3 is 12.1 Å². The smallest absolute Gasteiger partial charge is 0.475 e.